The van der Waals surface area contributed by atoms with Crippen molar-refractivity contribution in [3.63, 3.8) is 0 Å². The minimum absolute atomic E-state index is 0.142. The van der Waals surface area contributed by atoms with Crippen LogP contribution in [-0.4, -0.2) is 41.8 Å². The van der Waals surface area contributed by atoms with Gasteiger partial charge in [0, 0.05) is 12.6 Å². The summed E-state index contributed by atoms with van der Waals surface area (Å²) >= 11 is 0. The number of rotatable bonds is 6. The standard InChI is InChI=1S/C10H17N5O2/c1-16-9-13-8(14-10(15-9)17-2)12-5-7(11)6-3-4-6/h6-7H,3-5,11H2,1-2H3,(H,12,13,14,15). The average molecular weight is 239 g/mol. The van der Waals surface area contributed by atoms with Crippen LogP contribution in [0.25, 0.3) is 0 Å². The summed E-state index contributed by atoms with van der Waals surface area (Å²) in [5, 5.41) is 3.07. The first-order valence-electron chi connectivity index (χ1n) is 5.56. The first-order chi connectivity index (χ1) is 8.22. The van der Waals surface area contributed by atoms with Crippen LogP contribution in [0.15, 0.2) is 0 Å². The molecule has 1 atom stereocenters. The van der Waals surface area contributed by atoms with Crippen LogP contribution in [0.5, 0.6) is 12.0 Å². The van der Waals surface area contributed by atoms with Gasteiger partial charge >= 0.3 is 12.0 Å². The highest BCUT2D eigenvalue weighted by Gasteiger charge is 2.28. The van der Waals surface area contributed by atoms with Gasteiger partial charge in [-0.1, -0.05) is 0 Å². The van der Waals surface area contributed by atoms with Crippen LogP contribution in [0, 0.1) is 5.92 Å². The Morgan fingerprint density at radius 1 is 1.24 bits per heavy atom. The zero-order chi connectivity index (χ0) is 12.3. The molecule has 1 saturated carbocycles. The lowest BCUT2D eigenvalue weighted by Crippen LogP contribution is -2.31. The Morgan fingerprint density at radius 2 is 1.82 bits per heavy atom. The topological polar surface area (TPSA) is 95.2 Å². The number of anilines is 1. The van der Waals surface area contributed by atoms with Gasteiger partial charge in [0.15, 0.2) is 0 Å². The molecule has 1 aromatic rings. The van der Waals surface area contributed by atoms with Gasteiger partial charge in [0.25, 0.3) is 0 Å². The van der Waals surface area contributed by atoms with E-state index in [2.05, 4.69) is 20.3 Å². The Hall–Kier alpha value is -1.63. The number of methoxy groups -OCH3 is 2. The molecule has 0 bridgehead atoms. The number of hydrogen-bond acceptors (Lipinski definition) is 7. The first kappa shape index (κ1) is 11.8. The normalized spacial score (nSPS) is 16.4. The maximum absolute atomic E-state index is 5.97. The highest BCUT2D eigenvalue weighted by Crippen LogP contribution is 2.31. The molecular weight excluding hydrogens is 222 g/mol. The Labute approximate surface area is 99.8 Å². The fourth-order valence-corrected chi connectivity index (χ4v) is 1.50. The largest absolute Gasteiger partial charge is 0.467 e. The van der Waals surface area contributed by atoms with Gasteiger partial charge in [0.2, 0.25) is 5.95 Å². The van der Waals surface area contributed by atoms with Crippen molar-refractivity contribution >= 4 is 5.95 Å². The molecule has 1 fully saturated rings. The monoisotopic (exact) mass is 239 g/mol. The minimum atomic E-state index is 0.142. The molecule has 1 aromatic heterocycles. The van der Waals surface area contributed by atoms with Crippen molar-refractivity contribution in [1.29, 1.82) is 0 Å². The second-order valence-electron chi connectivity index (χ2n) is 4.01. The summed E-state index contributed by atoms with van der Waals surface area (Å²) in [6, 6.07) is 0.586. The molecule has 7 heteroatoms. The molecule has 0 amide bonds. The molecule has 0 aliphatic heterocycles. The lowest BCUT2D eigenvalue weighted by molar-refractivity contribution is 0.341. The van der Waals surface area contributed by atoms with Crippen molar-refractivity contribution in [2.24, 2.45) is 11.7 Å². The number of nitrogens with one attached hydrogen (secondary N) is 1. The van der Waals surface area contributed by atoms with Gasteiger partial charge in [-0.25, -0.2) is 0 Å². The van der Waals surface area contributed by atoms with Gasteiger partial charge in [-0.05, 0) is 18.8 Å². The number of aromatic nitrogens is 3. The molecule has 0 spiro atoms. The van der Waals surface area contributed by atoms with Gasteiger partial charge in [0.05, 0.1) is 14.2 Å². The van der Waals surface area contributed by atoms with E-state index in [1.807, 2.05) is 0 Å². The predicted molar refractivity (Wildman–Crippen MR) is 62.1 cm³/mol. The van der Waals surface area contributed by atoms with Gasteiger partial charge in [-0.15, -0.1) is 4.98 Å². The summed E-state index contributed by atoms with van der Waals surface area (Å²) in [4.78, 5) is 12.0. The van der Waals surface area contributed by atoms with E-state index >= 15 is 0 Å². The van der Waals surface area contributed by atoms with Crippen molar-refractivity contribution in [3.05, 3.63) is 0 Å². The van der Waals surface area contributed by atoms with Crippen molar-refractivity contribution in [2.75, 3.05) is 26.1 Å². The smallest absolute Gasteiger partial charge is 0.324 e. The van der Waals surface area contributed by atoms with E-state index < -0.39 is 0 Å². The van der Waals surface area contributed by atoms with Gasteiger partial charge < -0.3 is 20.5 Å². The van der Waals surface area contributed by atoms with E-state index in [1.54, 1.807) is 0 Å². The summed E-state index contributed by atoms with van der Waals surface area (Å²) in [5.41, 5.74) is 5.97. The van der Waals surface area contributed by atoms with Crippen LogP contribution in [-0.2, 0) is 0 Å². The van der Waals surface area contributed by atoms with Crippen molar-refractivity contribution in [1.82, 2.24) is 15.0 Å². The zero-order valence-corrected chi connectivity index (χ0v) is 10.0. The van der Waals surface area contributed by atoms with Crippen LogP contribution in [0.2, 0.25) is 0 Å². The Kier molecular flexibility index (Phi) is 3.58. The quantitative estimate of drug-likeness (QED) is 0.723. The Bertz CT molecular complexity index is 361. The maximum Gasteiger partial charge on any atom is 0.324 e. The first-order valence-corrected chi connectivity index (χ1v) is 5.56. The van der Waals surface area contributed by atoms with Crippen LogP contribution in [0.1, 0.15) is 12.8 Å². The van der Waals surface area contributed by atoms with Gasteiger partial charge in [-0.3, -0.25) is 0 Å². The van der Waals surface area contributed by atoms with Crippen LogP contribution < -0.4 is 20.5 Å². The molecule has 0 aromatic carbocycles. The summed E-state index contributed by atoms with van der Waals surface area (Å²) in [6.45, 7) is 0.640. The molecule has 1 aliphatic carbocycles. The Balaban J connectivity index is 1.98. The molecule has 1 unspecified atom stereocenters. The summed E-state index contributed by atoms with van der Waals surface area (Å²) < 4.78 is 9.90. The number of hydrogen-bond donors (Lipinski definition) is 2. The van der Waals surface area contributed by atoms with E-state index in [-0.39, 0.29) is 18.1 Å². The van der Waals surface area contributed by atoms with Gasteiger partial charge in [0.1, 0.15) is 0 Å². The summed E-state index contributed by atoms with van der Waals surface area (Å²) in [6.07, 6.45) is 2.43. The molecule has 94 valence electrons. The second-order valence-corrected chi connectivity index (χ2v) is 4.01. The molecule has 1 aliphatic rings. The Morgan fingerprint density at radius 3 is 2.29 bits per heavy atom. The molecule has 0 saturated heterocycles. The lowest BCUT2D eigenvalue weighted by atomic mass is 10.2. The average Bonchev–Trinajstić information content (AvgIpc) is 3.19. The number of nitrogens with zero attached hydrogens (tertiary/aromatic N) is 3. The molecule has 2 rings (SSSR count). The number of nitrogens with two attached hydrogens (primary N) is 1. The molecule has 1 heterocycles. The van der Waals surface area contributed by atoms with E-state index in [0.29, 0.717) is 18.4 Å². The van der Waals surface area contributed by atoms with E-state index in [1.165, 1.54) is 27.1 Å². The highest BCUT2D eigenvalue weighted by atomic mass is 16.5. The summed E-state index contributed by atoms with van der Waals surface area (Å²) in [7, 11) is 2.99. The van der Waals surface area contributed by atoms with Crippen molar-refractivity contribution in [3.8, 4) is 12.0 Å². The molecule has 0 radical (unpaired) electrons. The van der Waals surface area contributed by atoms with Crippen LogP contribution in [0.3, 0.4) is 0 Å². The SMILES string of the molecule is COc1nc(NCC(N)C2CC2)nc(OC)n1. The summed E-state index contributed by atoms with van der Waals surface area (Å²) in [5.74, 6) is 1.05. The van der Waals surface area contributed by atoms with Crippen molar-refractivity contribution in [2.45, 2.75) is 18.9 Å². The highest BCUT2D eigenvalue weighted by molar-refractivity contribution is 5.27. The van der Waals surface area contributed by atoms with Gasteiger partial charge in [-0.2, -0.15) is 9.97 Å². The third kappa shape index (κ3) is 3.16. The molecule has 7 nitrogen and oxygen atoms in total. The fraction of sp³-hybridized carbons (Fsp3) is 0.700. The van der Waals surface area contributed by atoms with E-state index in [0.717, 1.165) is 0 Å². The lowest BCUT2D eigenvalue weighted by Gasteiger charge is -2.12. The molecular formula is C10H17N5O2. The molecule has 17 heavy (non-hydrogen) atoms. The third-order valence-electron chi connectivity index (χ3n) is 2.68. The third-order valence-corrected chi connectivity index (χ3v) is 2.68. The van der Waals surface area contributed by atoms with E-state index in [4.69, 9.17) is 15.2 Å². The predicted octanol–water partition coefficient (Wildman–Crippen LogP) is 0.0380. The van der Waals surface area contributed by atoms with Crippen LogP contribution in [0.4, 0.5) is 5.95 Å². The van der Waals surface area contributed by atoms with Crippen LogP contribution >= 0.6 is 0 Å². The maximum atomic E-state index is 5.97. The number of ether oxygens (including phenoxy) is 2. The van der Waals surface area contributed by atoms with E-state index in [9.17, 15) is 0 Å². The zero-order valence-electron chi connectivity index (χ0n) is 10.0. The van der Waals surface area contributed by atoms with Crippen molar-refractivity contribution < 1.29 is 9.47 Å². The minimum Gasteiger partial charge on any atom is -0.467 e. The molecule has 3 N–H and O–H groups in total. The second kappa shape index (κ2) is 5.13. The fourth-order valence-electron chi connectivity index (χ4n) is 1.50.